The summed E-state index contributed by atoms with van der Waals surface area (Å²) < 4.78 is 3.96. The summed E-state index contributed by atoms with van der Waals surface area (Å²) >= 11 is 5.91. The Hall–Kier alpha value is -1.88. The number of aryl methyl sites for hydroxylation is 5. The Labute approximate surface area is 128 Å². The van der Waals surface area contributed by atoms with Gasteiger partial charge >= 0.3 is 0 Å². The summed E-state index contributed by atoms with van der Waals surface area (Å²) in [5.74, 6) is 2.45. The molecule has 0 unspecified atom stereocenters. The Morgan fingerprint density at radius 1 is 1.24 bits per heavy atom. The Morgan fingerprint density at radius 2 is 2.10 bits per heavy atom. The van der Waals surface area contributed by atoms with Crippen molar-refractivity contribution in [2.24, 2.45) is 7.05 Å². The number of nitrogens with zero attached hydrogens (tertiary/aromatic N) is 5. The van der Waals surface area contributed by atoms with Crippen LogP contribution in [-0.4, -0.2) is 30.2 Å². The van der Waals surface area contributed by atoms with Gasteiger partial charge in [0.15, 0.2) is 5.82 Å². The molecule has 0 amide bonds. The van der Waals surface area contributed by atoms with Crippen LogP contribution >= 0.6 is 11.6 Å². The van der Waals surface area contributed by atoms with Gasteiger partial charge in [0.2, 0.25) is 0 Å². The summed E-state index contributed by atoms with van der Waals surface area (Å²) in [4.78, 5) is 8.97. The van der Waals surface area contributed by atoms with E-state index in [4.69, 9.17) is 16.6 Å². The third kappa shape index (κ3) is 2.93. The first-order valence-corrected chi connectivity index (χ1v) is 7.57. The van der Waals surface area contributed by atoms with Gasteiger partial charge in [-0.25, -0.2) is 9.97 Å². The lowest BCUT2D eigenvalue weighted by molar-refractivity contribution is 0.646. The lowest BCUT2D eigenvalue weighted by Crippen LogP contribution is -2.08. The second-order valence-corrected chi connectivity index (χ2v) is 5.57. The molecule has 0 spiro atoms. The molecule has 0 aliphatic carbocycles. The molecule has 3 aromatic rings. The molecule has 0 atom stereocenters. The number of hydrogen-bond donors (Lipinski definition) is 0. The first-order chi connectivity index (χ1) is 10.2. The minimum atomic E-state index is 0.574. The van der Waals surface area contributed by atoms with Crippen LogP contribution in [0, 0.1) is 6.92 Å². The van der Waals surface area contributed by atoms with Crippen LogP contribution < -0.4 is 0 Å². The van der Waals surface area contributed by atoms with Crippen molar-refractivity contribution in [3.8, 4) is 0 Å². The van der Waals surface area contributed by atoms with Crippen molar-refractivity contribution < 1.29 is 0 Å². The van der Waals surface area contributed by atoms with Crippen LogP contribution in [0.4, 0.5) is 0 Å². The third-order valence-corrected chi connectivity index (χ3v) is 3.70. The fourth-order valence-corrected chi connectivity index (χ4v) is 2.69. The molecular weight excluding hydrogens is 286 g/mol. The molecule has 2 aromatic heterocycles. The molecule has 110 valence electrons. The van der Waals surface area contributed by atoms with Gasteiger partial charge in [-0.3, -0.25) is 4.68 Å². The van der Waals surface area contributed by atoms with E-state index in [0.717, 1.165) is 42.1 Å². The molecule has 0 N–H and O–H groups in total. The number of benzene rings is 1. The van der Waals surface area contributed by atoms with Crippen molar-refractivity contribution >= 4 is 22.6 Å². The minimum absolute atomic E-state index is 0.574. The highest BCUT2D eigenvalue weighted by molar-refractivity contribution is 6.17. The third-order valence-electron chi connectivity index (χ3n) is 3.51. The van der Waals surface area contributed by atoms with E-state index in [0.29, 0.717) is 5.88 Å². The fraction of sp³-hybridized carbons (Fsp3) is 0.400. The van der Waals surface area contributed by atoms with Crippen LogP contribution in [0.2, 0.25) is 0 Å². The molecule has 3 rings (SSSR count). The molecule has 0 saturated carbocycles. The average molecular weight is 304 g/mol. The van der Waals surface area contributed by atoms with E-state index in [9.17, 15) is 0 Å². The monoisotopic (exact) mass is 303 g/mol. The molecule has 5 nitrogen and oxygen atoms in total. The minimum Gasteiger partial charge on any atom is -0.327 e. The van der Waals surface area contributed by atoms with E-state index < -0.39 is 0 Å². The number of alkyl halides is 1. The standard InChI is InChI=1S/C15H18ClN5/c1-11-3-4-12-13(9-11)21(15(18-12)5-7-16)8-6-14-17-10-20(2)19-14/h3-4,9-10H,5-8H2,1-2H3. The van der Waals surface area contributed by atoms with Gasteiger partial charge in [-0.05, 0) is 24.6 Å². The predicted octanol–water partition coefficient (Wildman–Crippen LogP) is 2.50. The van der Waals surface area contributed by atoms with Crippen molar-refractivity contribution in [2.45, 2.75) is 26.3 Å². The number of aromatic nitrogens is 5. The maximum atomic E-state index is 5.91. The van der Waals surface area contributed by atoms with Gasteiger partial charge in [-0.15, -0.1) is 11.6 Å². The van der Waals surface area contributed by atoms with Gasteiger partial charge in [-0.2, -0.15) is 5.10 Å². The lowest BCUT2D eigenvalue weighted by atomic mass is 10.2. The van der Waals surface area contributed by atoms with Gasteiger partial charge < -0.3 is 4.57 Å². The molecule has 0 aliphatic rings. The molecule has 0 fully saturated rings. The normalized spacial score (nSPS) is 11.4. The predicted molar refractivity (Wildman–Crippen MR) is 83.6 cm³/mol. The zero-order valence-electron chi connectivity index (χ0n) is 12.3. The Bertz CT molecular complexity index is 759. The van der Waals surface area contributed by atoms with Crippen molar-refractivity contribution in [3.63, 3.8) is 0 Å². The van der Waals surface area contributed by atoms with Gasteiger partial charge in [-0.1, -0.05) is 6.07 Å². The molecular formula is C15H18ClN5. The van der Waals surface area contributed by atoms with E-state index >= 15 is 0 Å². The number of fused-ring (bicyclic) bond motifs is 1. The molecule has 1 aromatic carbocycles. The van der Waals surface area contributed by atoms with E-state index in [1.54, 1.807) is 11.0 Å². The van der Waals surface area contributed by atoms with Crippen LogP contribution in [0.25, 0.3) is 11.0 Å². The number of rotatable bonds is 5. The summed E-state index contributed by atoms with van der Waals surface area (Å²) in [5.41, 5.74) is 3.41. The molecule has 21 heavy (non-hydrogen) atoms. The van der Waals surface area contributed by atoms with Crippen molar-refractivity contribution in [1.82, 2.24) is 24.3 Å². The van der Waals surface area contributed by atoms with Gasteiger partial charge in [0.25, 0.3) is 0 Å². The summed E-state index contributed by atoms with van der Waals surface area (Å²) in [6.07, 6.45) is 3.28. The highest BCUT2D eigenvalue weighted by atomic mass is 35.5. The van der Waals surface area contributed by atoms with Crippen LogP contribution in [-0.2, 0) is 26.4 Å². The maximum absolute atomic E-state index is 5.91. The molecule has 0 radical (unpaired) electrons. The van der Waals surface area contributed by atoms with Crippen LogP contribution in [0.3, 0.4) is 0 Å². The number of hydrogen-bond acceptors (Lipinski definition) is 3. The van der Waals surface area contributed by atoms with Gasteiger partial charge in [0.05, 0.1) is 11.0 Å². The van der Waals surface area contributed by atoms with Gasteiger partial charge in [0, 0.05) is 32.3 Å². The fourth-order valence-electron chi connectivity index (χ4n) is 2.52. The zero-order valence-corrected chi connectivity index (χ0v) is 13.0. The highest BCUT2D eigenvalue weighted by Crippen LogP contribution is 2.19. The first-order valence-electron chi connectivity index (χ1n) is 7.03. The molecule has 0 saturated heterocycles. The SMILES string of the molecule is Cc1ccc2nc(CCCl)n(CCc3ncn(C)n3)c2c1. The smallest absolute Gasteiger partial charge is 0.152 e. The van der Waals surface area contributed by atoms with Crippen LogP contribution in [0.1, 0.15) is 17.2 Å². The van der Waals surface area contributed by atoms with Crippen molar-refractivity contribution in [2.75, 3.05) is 5.88 Å². The summed E-state index contributed by atoms with van der Waals surface area (Å²) in [5, 5.41) is 4.33. The van der Waals surface area contributed by atoms with Crippen molar-refractivity contribution in [3.05, 3.63) is 41.7 Å². The van der Waals surface area contributed by atoms with Crippen LogP contribution in [0.15, 0.2) is 24.5 Å². The van der Waals surface area contributed by atoms with E-state index in [2.05, 4.69) is 39.8 Å². The van der Waals surface area contributed by atoms with E-state index in [1.165, 1.54) is 5.56 Å². The Balaban J connectivity index is 1.94. The molecule has 0 aliphatic heterocycles. The first kappa shape index (κ1) is 14.1. The highest BCUT2D eigenvalue weighted by Gasteiger charge is 2.11. The topological polar surface area (TPSA) is 48.5 Å². The molecule has 0 bridgehead atoms. The average Bonchev–Trinajstić information content (AvgIpc) is 3.01. The Morgan fingerprint density at radius 3 is 2.81 bits per heavy atom. The zero-order chi connectivity index (χ0) is 14.8. The second kappa shape index (κ2) is 5.85. The molecule has 6 heteroatoms. The molecule has 2 heterocycles. The summed E-state index contributed by atoms with van der Waals surface area (Å²) in [6, 6.07) is 6.33. The number of imidazole rings is 1. The van der Waals surface area contributed by atoms with Gasteiger partial charge in [0.1, 0.15) is 12.2 Å². The van der Waals surface area contributed by atoms with Crippen LogP contribution in [0.5, 0.6) is 0 Å². The Kier molecular flexibility index (Phi) is 3.92. The largest absolute Gasteiger partial charge is 0.327 e. The number of halogens is 1. The van der Waals surface area contributed by atoms with E-state index in [-0.39, 0.29) is 0 Å². The second-order valence-electron chi connectivity index (χ2n) is 5.20. The maximum Gasteiger partial charge on any atom is 0.152 e. The summed E-state index contributed by atoms with van der Waals surface area (Å²) in [7, 11) is 1.88. The quantitative estimate of drug-likeness (QED) is 0.680. The van der Waals surface area contributed by atoms with Crippen molar-refractivity contribution in [1.29, 1.82) is 0 Å². The van der Waals surface area contributed by atoms with E-state index in [1.807, 2.05) is 7.05 Å². The lowest BCUT2D eigenvalue weighted by Gasteiger charge is -2.07. The summed E-state index contributed by atoms with van der Waals surface area (Å²) in [6.45, 7) is 2.91.